The summed E-state index contributed by atoms with van der Waals surface area (Å²) in [5, 5.41) is 18.1. The van der Waals surface area contributed by atoms with Crippen molar-refractivity contribution in [3.05, 3.63) is 42.0 Å². The van der Waals surface area contributed by atoms with Crippen LogP contribution in [0.25, 0.3) is 6.08 Å². The van der Waals surface area contributed by atoms with Crippen LogP contribution < -0.4 is 0 Å². The Bertz CT molecular complexity index is 346. The van der Waals surface area contributed by atoms with Gasteiger partial charge in [-0.3, -0.25) is 0 Å². The van der Waals surface area contributed by atoms with Crippen LogP contribution in [0.4, 0.5) is 0 Å². The second-order valence-electron chi connectivity index (χ2n) is 3.44. The Morgan fingerprint density at radius 2 is 2.07 bits per heavy atom. The molecule has 1 atom stereocenters. The van der Waals surface area contributed by atoms with Crippen molar-refractivity contribution in [2.45, 2.75) is 18.9 Å². The van der Waals surface area contributed by atoms with E-state index in [1.54, 1.807) is 13.0 Å². The van der Waals surface area contributed by atoms with Crippen LogP contribution in [0.2, 0.25) is 0 Å². The lowest BCUT2D eigenvalue weighted by Crippen LogP contribution is -2.19. The summed E-state index contributed by atoms with van der Waals surface area (Å²) in [5.74, 6) is 0. The van der Waals surface area contributed by atoms with Crippen molar-refractivity contribution < 1.29 is 5.11 Å². The quantitative estimate of drug-likeness (QED) is 0.789. The molecule has 1 rings (SSSR count). The van der Waals surface area contributed by atoms with Gasteiger partial charge in [0.1, 0.15) is 0 Å². The third-order valence-corrected chi connectivity index (χ3v) is 1.87. The van der Waals surface area contributed by atoms with Gasteiger partial charge in [-0.15, -0.1) is 0 Å². The first-order valence-corrected chi connectivity index (χ1v) is 4.48. The van der Waals surface area contributed by atoms with Crippen LogP contribution in [0.1, 0.15) is 18.9 Å². The first kappa shape index (κ1) is 10.5. The SMILES string of the molecule is CC(O)(/C=C/c1ccccc1)CC#N. The molecule has 1 aromatic carbocycles. The third kappa shape index (κ3) is 3.42. The molecule has 0 aliphatic heterocycles. The molecule has 0 saturated carbocycles. The smallest absolute Gasteiger partial charge is 0.0932 e. The molecule has 0 heterocycles. The van der Waals surface area contributed by atoms with Gasteiger partial charge in [0, 0.05) is 0 Å². The van der Waals surface area contributed by atoms with Crippen molar-refractivity contribution in [2.75, 3.05) is 0 Å². The average Bonchev–Trinajstić information content (AvgIpc) is 2.17. The van der Waals surface area contributed by atoms with E-state index in [0.717, 1.165) is 5.56 Å². The Morgan fingerprint density at radius 3 is 2.64 bits per heavy atom. The molecule has 72 valence electrons. The summed E-state index contributed by atoms with van der Waals surface area (Å²) in [4.78, 5) is 0. The van der Waals surface area contributed by atoms with Crippen molar-refractivity contribution in [3.8, 4) is 6.07 Å². The van der Waals surface area contributed by atoms with E-state index < -0.39 is 5.60 Å². The maximum absolute atomic E-state index is 9.67. The zero-order valence-corrected chi connectivity index (χ0v) is 8.14. The van der Waals surface area contributed by atoms with Gasteiger partial charge in [0.05, 0.1) is 18.1 Å². The van der Waals surface area contributed by atoms with Gasteiger partial charge < -0.3 is 5.11 Å². The van der Waals surface area contributed by atoms with E-state index in [-0.39, 0.29) is 6.42 Å². The highest BCUT2D eigenvalue weighted by molar-refractivity contribution is 5.50. The Balaban J connectivity index is 2.70. The van der Waals surface area contributed by atoms with Gasteiger partial charge in [-0.05, 0) is 12.5 Å². The molecule has 0 bridgehead atoms. The average molecular weight is 187 g/mol. The topological polar surface area (TPSA) is 44.0 Å². The fourth-order valence-electron chi connectivity index (χ4n) is 1.06. The van der Waals surface area contributed by atoms with E-state index >= 15 is 0 Å². The second kappa shape index (κ2) is 4.59. The van der Waals surface area contributed by atoms with Crippen molar-refractivity contribution >= 4 is 6.08 Å². The van der Waals surface area contributed by atoms with Gasteiger partial charge in [0.15, 0.2) is 0 Å². The summed E-state index contributed by atoms with van der Waals surface area (Å²) >= 11 is 0. The number of benzene rings is 1. The first-order chi connectivity index (χ1) is 6.64. The van der Waals surface area contributed by atoms with Gasteiger partial charge in [-0.2, -0.15) is 5.26 Å². The van der Waals surface area contributed by atoms with Crippen LogP contribution >= 0.6 is 0 Å². The lowest BCUT2D eigenvalue weighted by molar-refractivity contribution is 0.118. The van der Waals surface area contributed by atoms with Crippen LogP contribution in [0.5, 0.6) is 0 Å². The molecule has 0 fully saturated rings. The van der Waals surface area contributed by atoms with Crippen LogP contribution in [-0.4, -0.2) is 10.7 Å². The molecule has 0 aromatic heterocycles. The van der Waals surface area contributed by atoms with E-state index in [1.807, 2.05) is 42.5 Å². The van der Waals surface area contributed by atoms with E-state index in [9.17, 15) is 5.11 Å². The Labute approximate surface area is 84.1 Å². The normalized spacial score (nSPS) is 14.9. The Hall–Kier alpha value is -1.59. The fraction of sp³-hybridized carbons (Fsp3) is 0.250. The molecule has 1 N–H and O–H groups in total. The standard InChI is InChI=1S/C12H13NO/c1-12(14,9-10-13)8-7-11-5-3-2-4-6-11/h2-8,14H,9H2,1H3/b8-7+. The fourth-order valence-corrected chi connectivity index (χ4v) is 1.06. The zero-order valence-electron chi connectivity index (χ0n) is 8.14. The van der Waals surface area contributed by atoms with Crippen molar-refractivity contribution in [2.24, 2.45) is 0 Å². The third-order valence-electron chi connectivity index (χ3n) is 1.87. The molecular formula is C12H13NO. The number of aliphatic hydroxyl groups is 1. The number of nitriles is 1. The summed E-state index contributed by atoms with van der Waals surface area (Å²) < 4.78 is 0. The van der Waals surface area contributed by atoms with E-state index in [2.05, 4.69) is 0 Å². The van der Waals surface area contributed by atoms with Crippen molar-refractivity contribution in [3.63, 3.8) is 0 Å². The van der Waals surface area contributed by atoms with Crippen LogP contribution in [0.15, 0.2) is 36.4 Å². The number of hydrogen-bond acceptors (Lipinski definition) is 2. The second-order valence-corrected chi connectivity index (χ2v) is 3.44. The van der Waals surface area contributed by atoms with Crippen molar-refractivity contribution in [1.29, 1.82) is 5.26 Å². The molecule has 0 saturated heterocycles. The first-order valence-electron chi connectivity index (χ1n) is 4.48. The summed E-state index contributed by atoms with van der Waals surface area (Å²) in [5.41, 5.74) is -0.0179. The maximum Gasteiger partial charge on any atom is 0.0932 e. The Kier molecular flexibility index (Phi) is 3.44. The highest BCUT2D eigenvalue weighted by Crippen LogP contribution is 2.12. The Morgan fingerprint density at radius 1 is 1.43 bits per heavy atom. The predicted octanol–water partition coefficient (Wildman–Crippen LogP) is 2.36. The highest BCUT2D eigenvalue weighted by atomic mass is 16.3. The lowest BCUT2D eigenvalue weighted by Gasteiger charge is -2.13. The summed E-state index contributed by atoms with van der Waals surface area (Å²) in [7, 11) is 0. The minimum absolute atomic E-state index is 0.107. The van der Waals surface area contributed by atoms with E-state index in [1.165, 1.54) is 0 Å². The molecule has 0 radical (unpaired) electrons. The van der Waals surface area contributed by atoms with Gasteiger partial charge >= 0.3 is 0 Å². The van der Waals surface area contributed by atoms with Crippen LogP contribution in [0.3, 0.4) is 0 Å². The van der Waals surface area contributed by atoms with E-state index in [0.29, 0.717) is 0 Å². The predicted molar refractivity (Wildman–Crippen MR) is 56.3 cm³/mol. The van der Waals surface area contributed by atoms with Crippen molar-refractivity contribution in [1.82, 2.24) is 0 Å². The molecule has 0 spiro atoms. The molecule has 14 heavy (non-hydrogen) atoms. The van der Waals surface area contributed by atoms with Crippen LogP contribution in [-0.2, 0) is 0 Å². The summed E-state index contributed by atoms with van der Waals surface area (Å²) in [6.07, 6.45) is 3.57. The molecule has 0 aliphatic carbocycles. The maximum atomic E-state index is 9.67. The van der Waals surface area contributed by atoms with Gasteiger partial charge in [-0.1, -0.05) is 42.5 Å². The minimum Gasteiger partial charge on any atom is -0.385 e. The molecule has 2 heteroatoms. The molecule has 1 aromatic rings. The van der Waals surface area contributed by atoms with Gasteiger partial charge in [0.25, 0.3) is 0 Å². The van der Waals surface area contributed by atoms with Gasteiger partial charge in [0.2, 0.25) is 0 Å². The number of rotatable bonds is 3. The molecular weight excluding hydrogens is 174 g/mol. The molecule has 2 nitrogen and oxygen atoms in total. The number of nitrogens with zero attached hydrogens (tertiary/aromatic N) is 1. The highest BCUT2D eigenvalue weighted by Gasteiger charge is 2.14. The number of hydrogen-bond donors (Lipinski definition) is 1. The largest absolute Gasteiger partial charge is 0.385 e. The summed E-state index contributed by atoms with van der Waals surface area (Å²) in [6, 6.07) is 11.6. The monoisotopic (exact) mass is 187 g/mol. The molecule has 0 amide bonds. The van der Waals surface area contributed by atoms with Crippen LogP contribution in [0, 0.1) is 11.3 Å². The summed E-state index contributed by atoms with van der Waals surface area (Å²) in [6.45, 7) is 1.62. The van der Waals surface area contributed by atoms with Gasteiger partial charge in [-0.25, -0.2) is 0 Å². The minimum atomic E-state index is -1.04. The molecule has 1 unspecified atom stereocenters. The van der Waals surface area contributed by atoms with E-state index in [4.69, 9.17) is 5.26 Å². The molecule has 0 aliphatic rings. The zero-order chi connectivity index (χ0) is 10.4. The lowest BCUT2D eigenvalue weighted by atomic mass is 10.0.